The maximum absolute atomic E-state index is 13.3. The number of anilines is 1. The maximum Gasteiger partial charge on any atom is 0.269 e. The number of hydrogen-bond donors (Lipinski definition) is 2. The largest absolute Gasteiger partial charge is 0.347 e. The molecule has 11 heteroatoms. The second-order valence-corrected chi connectivity index (χ2v) is 7.72. The van der Waals surface area contributed by atoms with Crippen molar-refractivity contribution >= 4 is 23.2 Å². The number of non-ortho nitro benzene ring substituents is 1. The number of benzene rings is 3. The summed E-state index contributed by atoms with van der Waals surface area (Å²) in [6, 6.07) is 17.9. The van der Waals surface area contributed by atoms with Crippen LogP contribution >= 0.6 is 0 Å². The molecule has 0 radical (unpaired) electrons. The molecule has 4 aromatic rings. The number of nitro benzene ring substituents is 1. The van der Waals surface area contributed by atoms with E-state index in [4.69, 9.17) is 0 Å². The highest BCUT2D eigenvalue weighted by Crippen LogP contribution is 2.26. The average molecular weight is 491 g/mol. The molecule has 0 saturated heterocycles. The molecule has 3 aromatic carbocycles. The van der Waals surface area contributed by atoms with Crippen LogP contribution in [0.2, 0.25) is 0 Å². The van der Waals surface area contributed by atoms with Crippen molar-refractivity contribution in [2.45, 2.75) is 6.42 Å². The van der Waals surface area contributed by atoms with E-state index >= 15 is 0 Å². The molecule has 0 fully saturated rings. The quantitative estimate of drug-likeness (QED) is 0.285. The fourth-order valence-corrected chi connectivity index (χ4v) is 3.43. The Bertz CT molecular complexity index is 1420. The van der Waals surface area contributed by atoms with Crippen LogP contribution in [0.15, 0.2) is 79.0 Å². The molecule has 1 heterocycles. The Kier molecular flexibility index (Phi) is 7.10. The van der Waals surface area contributed by atoms with Gasteiger partial charge >= 0.3 is 0 Å². The van der Waals surface area contributed by atoms with E-state index in [1.54, 1.807) is 23.0 Å². The molecule has 0 saturated carbocycles. The zero-order valence-corrected chi connectivity index (χ0v) is 18.7. The van der Waals surface area contributed by atoms with Gasteiger partial charge in [0.15, 0.2) is 11.6 Å². The highest BCUT2D eigenvalue weighted by atomic mass is 19.2. The van der Waals surface area contributed by atoms with Gasteiger partial charge in [-0.05, 0) is 36.4 Å². The molecule has 0 aliphatic rings. The van der Waals surface area contributed by atoms with Gasteiger partial charge in [-0.3, -0.25) is 19.7 Å². The number of carbonyl (C=O) groups is 2. The Morgan fingerprint density at radius 1 is 0.944 bits per heavy atom. The Hall–Kier alpha value is -4.93. The number of para-hydroxylation sites is 1. The van der Waals surface area contributed by atoms with Gasteiger partial charge in [-0.25, -0.2) is 13.5 Å². The fraction of sp³-hybridized carbons (Fsp3) is 0.0800. The highest BCUT2D eigenvalue weighted by molar-refractivity contribution is 5.95. The van der Waals surface area contributed by atoms with E-state index < -0.39 is 34.9 Å². The standard InChI is InChI=1S/C25H19F2N5O4/c26-21-11-8-18(13-22(21)27)29-24(34)14-28-23(33)12-17-15-31(19-4-2-1-3-5-19)30-25(17)16-6-9-20(10-7-16)32(35)36/h1-11,13,15H,12,14H2,(H,28,33)(H,29,34). The first-order chi connectivity index (χ1) is 17.3. The third-order valence-electron chi connectivity index (χ3n) is 5.16. The zero-order valence-electron chi connectivity index (χ0n) is 18.7. The van der Waals surface area contributed by atoms with Crippen LogP contribution in [0.25, 0.3) is 16.9 Å². The van der Waals surface area contributed by atoms with Gasteiger partial charge in [0.25, 0.3) is 5.69 Å². The molecule has 0 spiro atoms. The lowest BCUT2D eigenvalue weighted by Gasteiger charge is -2.07. The number of hydrogen-bond acceptors (Lipinski definition) is 5. The number of amides is 2. The molecule has 0 atom stereocenters. The van der Waals surface area contributed by atoms with Crippen molar-refractivity contribution in [3.63, 3.8) is 0 Å². The van der Waals surface area contributed by atoms with E-state index in [0.717, 1.165) is 17.8 Å². The van der Waals surface area contributed by atoms with Gasteiger partial charge in [0.05, 0.1) is 29.3 Å². The lowest BCUT2D eigenvalue weighted by atomic mass is 10.1. The first-order valence-corrected chi connectivity index (χ1v) is 10.7. The molecule has 0 aliphatic heterocycles. The summed E-state index contributed by atoms with van der Waals surface area (Å²) in [5, 5.41) is 20.4. The Labute approximate surface area is 203 Å². The predicted molar refractivity (Wildman–Crippen MR) is 127 cm³/mol. The average Bonchev–Trinajstić information content (AvgIpc) is 3.29. The summed E-state index contributed by atoms with van der Waals surface area (Å²) in [4.78, 5) is 35.2. The van der Waals surface area contributed by atoms with E-state index in [2.05, 4.69) is 15.7 Å². The van der Waals surface area contributed by atoms with Crippen molar-refractivity contribution in [1.82, 2.24) is 15.1 Å². The second-order valence-electron chi connectivity index (χ2n) is 7.72. The van der Waals surface area contributed by atoms with Crippen molar-refractivity contribution < 1.29 is 23.3 Å². The molecule has 2 N–H and O–H groups in total. The Morgan fingerprint density at radius 3 is 2.33 bits per heavy atom. The lowest BCUT2D eigenvalue weighted by molar-refractivity contribution is -0.384. The fourth-order valence-electron chi connectivity index (χ4n) is 3.43. The summed E-state index contributed by atoms with van der Waals surface area (Å²) < 4.78 is 27.9. The molecular formula is C25H19F2N5O4. The monoisotopic (exact) mass is 491 g/mol. The van der Waals surface area contributed by atoms with Crippen LogP contribution in [0.4, 0.5) is 20.2 Å². The minimum Gasteiger partial charge on any atom is -0.347 e. The first-order valence-electron chi connectivity index (χ1n) is 10.7. The first kappa shape index (κ1) is 24.2. The molecule has 36 heavy (non-hydrogen) atoms. The van der Waals surface area contributed by atoms with Crippen molar-refractivity contribution in [3.05, 3.63) is 106 Å². The number of rotatable bonds is 8. The van der Waals surface area contributed by atoms with Gasteiger partial charge in [-0.15, -0.1) is 0 Å². The van der Waals surface area contributed by atoms with E-state index in [0.29, 0.717) is 16.8 Å². The highest BCUT2D eigenvalue weighted by Gasteiger charge is 2.17. The predicted octanol–water partition coefficient (Wildman–Crippen LogP) is 4.02. The topological polar surface area (TPSA) is 119 Å². The molecule has 1 aromatic heterocycles. The summed E-state index contributed by atoms with van der Waals surface area (Å²) in [5.74, 6) is -3.25. The van der Waals surface area contributed by atoms with Gasteiger partial charge in [0.1, 0.15) is 0 Å². The molecular weight excluding hydrogens is 472 g/mol. The summed E-state index contributed by atoms with van der Waals surface area (Å²) in [6.45, 7) is -0.391. The zero-order chi connectivity index (χ0) is 25.7. The number of aromatic nitrogens is 2. The summed E-state index contributed by atoms with van der Waals surface area (Å²) in [5.41, 5.74) is 2.29. The minimum absolute atomic E-state index is 0.0535. The van der Waals surface area contributed by atoms with Crippen LogP contribution in [-0.2, 0) is 16.0 Å². The summed E-state index contributed by atoms with van der Waals surface area (Å²) in [7, 11) is 0. The normalized spacial score (nSPS) is 10.6. The van der Waals surface area contributed by atoms with Crippen LogP contribution in [-0.4, -0.2) is 33.1 Å². The Morgan fingerprint density at radius 2 is 1.67 bits per heavy atom. The lowest BCUT2D eigenvalue weighted by Crippen LogP contribution is -2.33. The van der Waals surface area contributed by atoms with Crippen molar-refractivity contribution in [2.24, 2.45) is 0 Å². The number of nitro groups is 1. The third-order valence-corrected chi connectivity index (χ3v) is 5.16. The van der Waals surface area contributed by atoms with Gasteiger partial charge in [0, 0.05) is 41.2 Å². The number of nitrogens with zero attached hydrogens (tertiary/aromatic N) is 3. The van der Waals surface area contributed by atoms with E-state index in [9.17, 15) is 28.5 Å². The van der Waals surface area contributed by atoms with Crippen molar-refractivity contribution in [1.29, 1.82) is 0 Å². The molecule has 0 unspecified atom stereocenters. The van der Waals surface area contributed by atoms with Gasteiger partial charge in [-0.1, -0.05) is 18.2 Å². The molecule has 4 rings (SSSR count). The third kappa shape index (κ3) is 5.76. The second kappa shape index (κ2) is 10.6. The van der Waals surface area contributed by atoms with Crippen molar-refractivity contribution in [3.8, 4) is 16.9 Å². The number of nitrogens with one attached hydrogen (secondary N) is 2. The SMILES string of the molecule is O=C(Cc1cn(-c2ccccc2)nc1-c1ccc([N+](=O)[O-])cc1)NCC(=O)Nc1ccc(F)c(F)c1. The van der Waals surface area contributed by atoms with Crippen LogP contribution in [0.5, 0.6) is 0 Å². The van der Waals surface area contributed by atoms with Gasteiger partial charge < -0.3 is 10.6 Å². The molecule has 182 valence electrons. The maximum atomic E-state index is 13.3. The number of carbonyl (C=O) groups excluding carboxylic acids is 2. The van der Waals surface area contributed by atoms with Gasteiger partial charge in [-0.2, -0.15) is 5.10 Å². The molecule has 0 aliphatic carbocycles. The Balaban J connectivity index is 1.49. The molecule has 9 nitrogen and oxygen atoms in total. The van der Waals surface area contributed by atoms with Crippen LogP contribution in [0.3, 0.4) is 0 Å². The van der Waals surface area contributed by atoms with E-state index in [1.807, 2.05) is 30.3 Å². The van der Waals surface area contributed by atoms with E-state index in [-0.39, 0.29) is 17.8 Å². The molecule has 0 bridgehead atoms. The van der Waals surface area contributed by atoms with Gasteiger partial charge in [0.2, 0.25) is 11.8 Å². The summed E-state index contributed by atoms with van der Waals surface area (Å²) >= 11 is 0. The van der Waals surface area contributed by atoms with Crippen LogP contribution in [0.1, 0.15) is 5.56 Å². The van der Waals surface area contributed by atoms with Crippen LogP contribution in [0, 0.1) is 21.7 Å². The smallest absolute Gasteiger partial charge is 0.269 e. The summed E-state index contributed by atoms with van der Waals surface area (Å²) in [6.07, 6.45) is 1.55. The van der Waals surface area contributed by atoms with Crippen LogP contribution < -0.4 is 10.6 Å². The van der Waals surface area contributed by atoms with Crippen molar-refractivity contribution in [2.75, 3.05) is 11.9 Å². The van der Waals surface area contributed by atoms with E-state index in [1.165, 1.54) is 18.2 Å². The molecule has 2 amide bonds. The number of halogens is 2. The minimum atomic E-state index is -1.11.